The summed E-state index contributed by atoms with van der Waals surface area (Å²) in [5, 5.41) is 0. The summed E-state index contributed by atoms with van der Waals surface area (Å²) in [5.74, 6) is 3.63. The Morgan fingerprint density at radius 2 is 1.19 bits per heavy atom. The van der Waals surface area contributed by atoms with Crippen molar-refractivity contribution in [2.75, 3.05) is 0 Å². The zero-order valence-corrected chi connectivity index (χ0v) is 22.9. The van der Waals surface area contributed by atoms with E-state index in [1.54, 1.807) is 0 Å². The average Bonchev–Trinajstić information content (AvgIpc) is 2.94. The lowest BCUT2D eigenvalue weighted by Gasteiger charge is -2.38. The maximum atomic E-state index is 15.2. The maximum absolute atomic E-state index is 15.2. The van der Waals surface area contributed by atoms with Crippen molar-refractivity contribution in [3.63, 3.8) is 0 Å². The van der Waals surface area contributed by atoms with Crippen molar-refractivity contribution in [2.45, 2.75) is 115 Å². The van der Waals surface area contributed by atoms with Crippen LogP contribution in [0.15, 0.2) is 49.1 Å². The third kappa shape index (κ3) is 6.21. The van der Waals surface area contributed by atoms with E-state index in [1.165, 1.54) is 62.5 Å². The fourth-order valence-electron chi connectivity index (χ4n) is 7.93. The van der Waals surface area contributed by atoms with E-state index >= 15 is 4.39 Å². The second kappa shape index (κ2) is 12.3. The number of benzene rings is 2. The first-order valence-electron chi connectivity index (χ1n) is 15.3. The van der Waals surface area contributed by atoms with E-state index in [2.05, 4.69) is 37.8 Å². The van der Waals surface area contributed by atoms with Crippen LogP contribution in [0.1, 0.15) is 130 Å². The minimum absolute atomic E-state index is 0.0138. The van der Waals surface area contributed by atoms with Gasteiger partial charge in [0.2, 0.25) is 0 Å². The molecule has 0 bridgehead atoms. The van der Waals surface area contributed by atoms with Gasteiger partial charge in [-0.1, -0.05) is 43.7 Å². The summed E-state index contributed by atoms with van der Waals surface area (Å²) in [6.45, 7) is 6.05. The van der Waals surface area contributed by atoms with Gasteiger partial charge >= 0.3 is 0 Å². The molecule has 2 aromatic carbocycles. The Morgan fingerprint density at radius 1 is 0.676 bits per heavy atom. The van der Waals surface area contributed by atoms with Crippen LogP contribution in [0.2, 0.25) is 0 Å². The average molecular weight is 505 g/mol. The maximum Gasteiger partial charge on any atom is 0.126 e. The summed E-state index contributed by atoms with van der Waals surface area (Å²) in [6, 6.07) is 12.2. The van der Waals surface area contributed by atoms with E-state index < -0.39 is 0 Å². The second-order valence-electron chi connectivity index (χ2n) is 12.5. The number of aryl methyl sites for hydroxylation is 1. The SMILES string of the molecule is C=CC1CCC(c2ccc(C3CCC(C4CCC(c5ccc(CCC)c(F)c5)CC4)CC3)c(F)c2)CC1. The highest BCUT2D eigenvalue weighted by atomic mass is 19.1. The summed E-state index contributed by atoms with van der Waals surface area (Å²) >= 11 is 0. The van der Waals surface area contributed by atoms with Crippen LogP contribution in [-0.4, -0.2) is 0 Å². The summed E-state index contributed by atoms with van der Waals surface area (Å²) < 4.78 is 29.7. The minimum Gasteiger partial charge on any atom is -0.207 e. The first-order valence-corrected chi connectivity index (χ1v) is 15.3. The van der Waals surface area contributed by atoms with Crippen molar-refractivity contribution in [2.24, 2.45) is 17.8 Å². The Morgan fingerprint density at radius 3 is 1.70 bits per heavy atom. The molecule has 200 valence electrons. The van der Waals surface area contributed by atoms with Crippen molar-refractivity contribution >= 4 is 0 Å². The number of allylic oxidation sites excluding steroid dienone is 1. The van der Waals surface area contributed by atoms with Gasteiger partial charge in [0, 0.05) is 0 Å². The Hall–Kier alpha value is -1.96. The molecule has 0 nitrogen and oxygen atoms in total. The number of hydrogen-bond acceptors (Lipinski definition) is 0. The van der Waals surface area contributed by atoms with Crippen LogP contribution in [-0.2, 0) is 6.42 Å². The molecular formula is C35H46F2. The van der Waals surface area contributed by atoms with Crippen molar-refractivity contribution in [3.8, 4) is 0 Å². The van der Waals surface area contributed by atoms with Crippen LogP contribution in [0.25, 0.3) is 0 Å². The van der Waals surface area contributed by atoms with Crippen molar-refractivity contribution in [3.05, 3.63) is 82.9 Å². The van der Waals surface area contributed by atoms with Gasteiger partial charge in [-0.05, 0) is 153 Å². The van der Waals surface area contributed by atoms with E-state index in [-0.39, 0.29) is 11.6 Å². The van der Waals surface area contributed by atoms with Crippen LogP contribution < -0.4 is 0 Å². The van der Waals surface area contributed by atoms with Crippen molar-refractivity contribution in [1.29, 1.82) is 0 Å². The summed E-state index contributed by atoms with van der Waals surface area (Å²) in [6.07, 6.45) is 18.2. The van der Waals surface area contributed by atoms with Gasteiger partial charge in [0.05, 0.1) is 0 Å². The molecule has 0 aliphatic heterocycles. The first-order chi connectivity index (χ1) is 18.1. The predicted octanol–water partition coefficient (Wildman–Crippen LogP) is 10.6. The zero-order chi connectivity index (χ0) is 25.8. The van der Waals surface area contributed by atoms with E-state index in [9.17, 15) is 4.39 Å². The molecule has 3 fully saturated rings. The molecule has 0 saturated heterocycles. The topological polar surface area (TPSA) is 0 Å². The summed E-state index contributed by atoms with van der Waals surface area (Å²) in [7, 11) is 0. The highest BCUT2D eigenvalue weighted by Crippen LogP contribution is 2.46. The molecule has 0 radical (unpaired) electrons. The summed E-state index contributed by atoms with van der Waals surface area (Å²) in [4.78, 5) is 0. The number of hydrogen-bond donors (Lipinski definition) is 0. The molecule has 0 amide bonds. The Bertz CT molecular complexity index is 1030. The molecule has 3 aliphatic carbocycles. The van der Waals surface area contributed by atoms with Crippen LogP contribution in [0.5, 0.6) is 0 Å². The molecule has 0 heterocycles. The second-order valence-corrected chi connectivity index (χ2v) is 12.5. The third-order valence-corrected chi connectivity index (χ3v) is 10.3. The van der Waals surface area contributed by atoms with Gasteiger partial charge in [-0.2, -0.15) is 0 Å². The standard InChI is InChI=1S/C35H46F2/c1-3-5-30-18-19-31(22-34(30)36)28-12-10-25(11-13-28)26-14-16-29(17-15-26)33-21-20-32(23-35(33)37)27-8-6-24(4-2)7-9-27/h4,18-29H,2-3,5-17H2,1H3. The Labute approximate surface area is 224 Å². The van der Waals surface area contributed by atoms with Gasteiger partial charge in [-0.15, -0.1) is 6.58 Å². The number of halogens is 2. The van der Waals surface area contributed by atoms with Gasteiger partial charge in [-0.25, -0.2) is 8.78 Å². The number of rotatable bonds is 7. The monoisotopic (exact) mass is 504 g/mol. The molecule has 37 heavy (non-hydrogen) atoms. The van der Waals surface area contributed by atoms with Gasteiger partial charge in [0.1, 0.15) is 11.6 Å². The highest BCUT2D eigenvalue weighted by molar-refractivity contribution is 5.30. The molecule has 0 N–H and O–H groups in total. The minimum atomic E-state index is -0.0138. The quantitative estimate of drug-likeness (QED) is 0.329. The third-order valence-electron chi connectivity index (χ3n) is 10.3. The molecule has 2 heteroatoms. The van der Waals surface area contributed by atoms with Gasteiger partial charge in [-0.3, -0.25) is 0 Å². The fraction of sp³-hybridized carbons (Fsp3) is 0.600. The molecule has 2 aromatic rings. The van der Waals surface area contributed by atoms with Crippen LogP contribution in [0.4, 0.5) is 8.78 Å². The van der Waals surface area contributed by atoms with Crippen molar-refractivity contribution < 1.29 is 8.78 Å². The van der Waals surface area contributed by atoms with Crippen LogP contribution >= 0.6 is 0 Å². The molecule has 0 atom stereocenters. The first kappa shape index (κ1) is 26.6. The smallest absolute Gasteiger partial charge is 0.126 e. The lowest BCUT2D eigenvalue weighted by Crippen LogP contribution is -2.25. The highest BCUT2D eigenvalue weighted by Gasteiger charge is 2.33. The molecular weight excluding hydrogens is 458 g/mol. The largest absolute Gasteiger partial charge is 0.207 e. The van der Waals surface area contributed by atoms with E-state index in [0.29, 0.717) is 23.7 Å². The normalized spacial score (nSPS) is 30.7. The molecule has 0 spiro atoms. The predicted molar refractivity (Wildman–Crippen MR) is 151 cm³/mol. The van der Waals surface area contributed by atoms with Crippen molar-refractivity contribution in [1.82, 2.24) is 0 Å². The van der Waals surface area contributed by atoms with E-state index in [0.717, 1.165) is 61.5 Å². The van der Waals surface area contributed by atoms with Gasteiger partial charge < -0.3 is 0 Å². The van der Waals surface area contributed by atoms with Gasteiger partial charge in [0.25, 0.3) is 0 Å². The molecule has 0 unspecified atom stereocenters. The summed E-state index contributed by atoms with van der Waals surface area (Å²) in [5.41, 5.74) is 4.22. The Kier molecular flexibility index (Phi) is 8.83. The molecule has 3 aliphatic rings. The van der Waals surface area contributed by atoms with Gasteiger partial charge in [0.15, 0.2) is 0 Å². The lowest BCUT2D eigenvalue weighted by molar-refractivity contribution is 0.176. The van der Waals surface area contributed by atoms with Crippen LogP contribution in [0.3, 0.4) is 0 Å². The van der Waals surface area contributed by atoms with E-state index in [1.807, 2.05) is 18.2 Å². The Balaban J connectivity index is 1.11. The zero-order valence-electron chi connectivity index (χ0n) is 22.9. The van der Waals surface area contributed by atoms with E-state index in [4.69, 9.17) is 0 Å². The molecule has 3 saturated carbocycles. The lowest BCUT2D eigenvalue weighted by atomic mass is 9.67. The molecule has 5 rings (SSSR count). The van der Waals surface area contributed by atoms with Crippen LogP contribution in [0, 0.1) is 29.4 Å². The fourth-order valence-corrected chi connectivity index (χ4v) is 7.93. The molecule has 0 aromatic heterocycles.